The maximum atomic E-state index is 11.9. The molecule has 0 amide bonds. The molecule has 0 aliphatic carbocycles. The molecule has 0 aromatic heterocycles. The standard InChI is InChI=1S/C16H24N2O3/c1-12(2)18-7-8-20-14(10-18)11-21-16(19)9-13-5-3-4-6-15(13)17/h3-6,12,14H,7-11,17H2,1-2H3. The Morgan fingerprint density at radius 2 is 2.24 bits per heavy atom. The van der Waals surface area contributed by atoms with Crippen LogP contribution in [-0.2, 0) is 20.7 Å². The Kier molecular flexibility index (Phi) is 5.59. The van der Waals surface area contributed by atoms with Crippen molar-refractivity contribution in [1.82, 2.24) is 4.90 Å². The van der Waals surface area contributed by atoms with E-state index in [1.807, 2.05) is 18.2 Å². The summed E-state index contributed by atoms with van der Waals surface area (Å²) in [6.45, 7) is 7.04. The Balaban J connectivity index is 1.77. The lowest BCUT2D eigenvalue weighted by Gasteiger charge is -2.35. The minimum Gasteiger partial charge on any atom is -0.463 e. The molecule has 1 saturated heterocycles. The van der Waals surface area contributed by atoms with Crippen molar-refractivity contribution in [3.05, 3.63) is 29.8 Å². The largest absolute Gasteiger partial charge is 0.463 e. The van der Waals surface area contributed by atoms with E-state index >= 15 is 0 Å². The topological polar surface area (TPSA) is 64.8 Å². The van der Waals surface area contributed by atoms with E-state index in [2.05, 4.69) is 18.7 Å². The second-order valence-electron chi connectivity index (χ2n) is 5.64. The Labute approximate surface area is 126 Å². The van der Waals surface area contributed by atoms with Gasteiger partial charge in [-0.05, 0) is 25.5 Å². The zero-order valence-electron chi connectivity index (χ0n) is 12.7. The molecule has 1 heterocycles. The van der Waals surface area contributed by atoms with Crippen LogP contribution in [0.25, 0.3) is 0 Å². The lowest BCUT2D eigenvalue weighted by Crippen LogP contribution is -2.47. The van der Waals surface area contributed by atoms with Gasteiger partial charge in [0.15, 0.2) is 0 Å². The highest BCUT2D eigenvalue weighted by Crippen LogP contribution is 2.13. The molecule has 2 N–H and O–H groups in total. The summed E-state index contributed by atoms with van der Waals surface area (Å²) >= 11 is 0. The maximum Gasteiger partial charge on any atom is 0.310 e. The Morgan fingerprint density at radius 1 is 1.48 bits per heavy atom. The third-order valence-electron chi connectivity index (χ3n) is 3.72. The van der Waals surface area contributed by atoms with Crippen LogP contribution in [0.1, 0.15) is 19.4 Å². The molecule has 1 aliphatic heterocycles. The number of carbonyl (C=O) groups excluding carboxylic acids is 1. The van der Waals surface area contributed by atoms with Gasteiger partial charge in [-0.2, -0.15) is 0 Å². The highest BCUT2D eigenvalue weighted by Gasteiger charge is 2.23. The summed E-state index contributed by atoms with van der Waals surface area (Å²) in [4.78, 5) is 14.2. The third-order valence-corrected chi connectivity index (χ3v) is 3.72. The molecule has 1 unspecified atom stereocenters. The van der Waals surface area contributed by atoms with Crippen molar-refractivity contribution in [3.8, 4) is 0 Å². The molecule has 21 heavy (non-hydrogen) atoms. The van der Waals surface area contributed by atoms with Crippen molar-refractivity contribution in [2.75, 3.05) is 32.0 Å². The maximum absolute atomic E-state index is 11.9. The molecule has 5 heteroatoms. The minimum absolute atomic E-state index is 0.0433. The first kappa shape index (κ1) is 15.8. The fourth-order valence-electron chi connectivity index (χ4n) is 2.40. The van der Waals surface area contributed by atoms with Gasteiger partial charge in [0.05, 0.1) is 13.0 Å². The van der Waals surface area contributed by atoms with E-state index in [1.54, 1.807) is 6.07 Å². The molecule has 0 saturated carbocycles. The number of anilines is 1. The summed E-state index contributed by atoms with van der Waals surface area (Å²) in [7, 11) is 0. The molecule has 0 radical (unpaired) electrons. The average molecular weight is 292 g/mol. The van der Waals surface area contributed by atoms with Gasteiger partial charge in [0.1, 0.15) is 12.7 Å². The van der Waals surface area contributed by atoms with Crippen LogP contribution in [-0.4, -0.2) is 49.3 Å². The summed E-state index contributed by atoms with van der Waals surface area (Å²) in [5.74, 6) is -0.266. The zero-order valence-corrected chi connectivity index (χ0v) is 12.7. The molecule has 1 atom stereocenters. The Morgan fingerprint density at radius 3 is 2.95 bits per heavy atom. The van der Waals surface area contributed by atoms with E-state index in [0.717, 1.165) is 18.7 Å². The monoisotopic (exact) mass is 292 g/mol. The highest BCUT2D eigenvalue weighted by molar-refractivity contribution is 5.74. The fraction of sp³-hybridized carbons (Fsp3) is 0.562. The highest BCUT2D eigenvalue weighted by atomic mass is 16.6. The predicted octanol–water partition coefficient (Wildman–Crippen LogP) is 1.46. The summed E-state index contributed by atoms with van der Waals surface area (Å²) in [5, 5.41) is 0. The van der Waals surface area contributed by atoms with Gasteiger partial charge in [0, 0.05) is 24.8 Å². The van der Waals surface area contributed by atoms with Crippen molar-refractivity contribution in [2.24, 2.45) is 0 Å². The molecule has 5 nitrogen and oxygen atoms in total. The number of esters is 1. The molecular weight excluding hydrogens is 268 g/mol. The van der Waals surface area contributed by atoms with Gasteiger partial charge in [-0.1, -0.05) is 18.2 Å². The number of nitrogen functional groups attached to an aromatic ring is 1. The number of carbonyl (C=O) groups is 1. The number of morpholine rings is 1. The molecule has 2 rings (SSSR count). The number of hydrogen-bond donors (Lipinski definition) is 1. The summed E-state index contributed by atoms with van der Waals surface area (Å²) in [5.41, 5.74) is 7.24. The van der Waals surface area contributed by atoms with Crippen molar-refractivity contribution < 1.29 is 14.3 Å². The fourth-order valence-corrected chi connectivity index (χ4v) is 2.40. The summed E-state index contributed by atoms with van der Waals surface area (Å²) < 4.78 is 11.0. The first-order chi connectivity index (χ1) is 10.1. The van der Waals surface area contributed by atoms with Gasteiger partial charge in [-0.3, -0.25) is 9.69 Å². The molecular formula is C16H24N2O3. The van der Waals surface area contributed by atoms with E-state index < -0.39 is 0 Å². The third kappa shape index (κ3) is 4.72. The smallest absolute Gasteiger partial charge is 0.310 e. The van der Waals surface area contributed by atoms with Crippen LogP contribution in [0.2, 0.25) is 0 Å². The molecule has 0 spiro atoms. The number of benzene rings is 1. The van der Waals surface area contributed by atoms with E-state index in [9.17, 15) is 4.79 Å². The van der Waals surface area contributed by atoms with Crippen LogP contribution in [0.5, 0.6) is 0 Å². The number of nitrogens with two attached hydrogens (primary N) is 1. The zero-order chi connectivity index (χ0) is 15.2. The van der Waals surface area contributed by atoms with Gasteiger partial charge < -0.3 is 15.2 Å². The van der Waals surface area contributed by atoms with Crippen LogP contribution in [0, 0.1) is 0 Å². The van der Waals surface area contributed by atoms with E-state index in [1.165, 1.54) is 0 Å². The molecule has 1 aromatic carbocycles. The average Bonchev–Trinajstić information content (AvgIpc) is 2.48. The van der Waals surface area contributed by atoms with Crippen molar-refractivity contribution >= 4 is 11.7 Å². The van der Waals surface area contributed by atoms with Crippen LogP contribution in [0.3, 0.4) is 0 Å². The first-order valence-corrected chi connectivity index (χ1v) is 7.41. The van der Waals surface area contributed by atoms with Crippen molar-refractivity contribution in [2.45, 2.75) is 32.4 Å². The number of hydrogen-bond acceptors (Lipinski definition) is 5. The number of nitrogens with zero attached hydrogens (tertiary/aromatic N) is 1. The van der Waals surface area contributed by atoms with Gasteiger partial charge in [0.2, 0.25) is 0 Å². The second-order valence-corrected chi connectivity index (χ2v) is 5.64. The van der Waals surface area contributed by atoms with Crippen LogP contribution in [0.4, 0.5) is 5.69 Å². The quantitative estimate of drug-likeness (QED) is 0.657. The predicted molar refractivity (Wildman–Crippen MR) is 82.0 cm³/mol. The SMILES string of the molecule is CC(C)N1CCOC(COC(=O)Cc2ccccc2N)C1. The molecule has 1 aliphatic rings. The second kappa shape index (κ2) is 7.43. The normalized spacial score (nSPS) is 19.7. The Hall–Kier alpha value is -1.59. The van der Waals surface area contributed by atoms with E-state index in [0.29, 0.717) is 24.9 Å². The summed E-state index contributed by atoms with van der Waals surface area (Å²) in [6, 6.07) is 7.82. The Bertz CT molecular complexity index is 476. The van der Waals surface area contributed by atoms with E-state index in [4.69, 9.17) is 15.2 Å². The van der Waals surface area contributed by atoms with Gasteiger partial charge in [-0.25, -0.2) is 0 Å². The molecule has 1 fully saturated rings. The van der Waals surface area contributed by atoms with Gasteiger partial charge >= 0.3 is 5.97 Å². The molecule has 116 valence electrons. The number of para-hydroxylation sites is 1. The van der Waals surface area contributed by atoms with Crippen molar-refractivity contribution in [1.29, 1.82) is 0 Å². The lowest BCUT2D eigenvalue weighted by atomic mass is 10.1. The van der Waals surface area contributed by atoms with Crippen LogP contribution < -0.4 is 5.73 Å². The number of rotatable bonds is 5. The molecule has 0 bridgehead atoms. The van der Waals surface area contributed by atoms with Crippen molar-refractivity contribution in [3.63, 3.8) is 0 Å². The summed E-state index contributed by atoms with van der Waals surface area (Å²) in [6.07, 6.45) is 0.158. The van der Waals surface area contributed by atoms with Gasteiger partial charge in [0.25, 0.3) is 0 Å². The van der Waals surface area contributed by atoms with Crippen LogP contribution >= 0.6 is 0 Å². The van der Waals surface area contributed by atoms with Gasteiger partial charge in [-0.15, -0.1) is 0 Å². The van der Waals surface area contributed by atoms with Crippen LogP contribution in [0.15, 0.2) is 24.3 Å². The molecule has 1 aromatic rings. The first-order valence-electron chi connectivity index (χ1n) is 7.41. The van der Waals surface area contributed by atoms with E-state index in [-0.39, 0.29) is 18.5 Å². The lowest BCUT2D eigenvalue weighted by molar-refractivity contribution is -0.150. The minimum atomic E-state index is -0.266. The number of ether oxygens (including phenoxy) is 2.